The lowest BCUT2D eigenvalue weighted by atomic mass is 9.81. The molecular weight excluding hydrogens is 214 g/mol. The van der Waals surface area contributed by atoms with E-state index in [4.69, 9.17) is 0 Å². The van der Waals surface area contributed by atoms with Gasteiger partial charge < -0.3 is 16.0 Å². The molecule has 0 aliphatic carbocycles. The van der Waals surface area contributed by atoms with Gasteiger partial charge in [-0.3, -0.25) is 4.79 Å². The van der Waals surface area contributed by atoms with Crippen molar-refractivity contribution in [1.29, 1.82) is 0 Å². The summed E-state index contributed by atoms with van der Waals surface area (Å²) in [5.41, 5.74) is 0.0590. The summed E-state index contributed by atoms with van der Waals surface area (Å²) in [6.07, 6.45) is 0.964. The highest BCUT2D eigenvalue weighted by Gasteiger charge is 2.30. The third-order valence-electron chi connectivity index (χ3n) is 2.79. The summed E-state index contributed by atoms with van der Waals surface area (Å²) < 4.78 is 0. The van der Waals surface area contributed by atoms with Crippen LogP contribution in [0.2, 0.25) is 0 Å². The molecule has 1 atom stereocenters. The molecule has 1 heterocycles. The van der Waals surface area contributed by atoms with Gasteiger partial charge in [0.05, 0.1) is 6.04 Å². The smallest absolute Gasteiger partial charge is 0.238 e. The van der Waals surface area contributed by atoms with E-state index in [9.17, 15) is 4.79 Å². The topological polar surface area (TPSA) is 53.2 Å². The van der Waals surface area contributed by atoms with Crippen molar-refractivity contribution in [2.45, 2.75) is 52.6 Å². The minimum absolute atomic E-state index is 0.0945. The predicted octanol–water partition coefficient (Wildman–Crippen LogP) is 0.879. The molecule has 0 radical (unpaired) electrons. The number of amides is 1. The first-order valence-corrected chi connectivity index (χ1v) is 6.46. The van der Waals surface area contributed by atoms with Gasteiger partial charge in [0.25, 0.3) is 0 Å². The Morgan fingerprint density at radius 3 is 2.35 bits per heavy atom. The fourth-order valence-electron chi connectivity index (χ4n) is 2.63. The van der Waals surface area contributed by atoms with Crippen LogP contribution in [-0.2, 0) is 4.79 Å². The Hall–Kier alpha value is -0.610. The van der Waals surface area contributed by atoms with Crippen LogP contribution in [0.15, 0.2) is 0 Å². The standard InChI is InChI=1S/C13H27N3O/c1-12(2,3)9-13(4,5)16-11(17)10-8-14-6-7-15-10/h10,14-15H,6-9H2,1-5H3,(H,16,17). The molecule has 100 valence electrons. The molecular formula is C13H27N3O. The Labute approximate surface area is 105 Å². The van der Waals surface area contributed by atoms with Crippen molar-refractivity contribution in [1.82, 2.24) is 16.0 Å². The quantitative estimate of drug-likeness (QED) is 0.687. The molecule has 0 bridgehead atoms. The Balaban J connectivity index is 2.48. The van der Waals surface area contributed by atoms with Crippen LogP contribution < -0.4 is 16.0 Å². The molecule has 0 aromatic carbocycles. The average Bonchev–Trinajstić information content (AvgIpc) is 2.14. The SMILES string of the molecule is CC(C)(C)CC(C)(C)NC(=O)C1CNCCN1. The largest absolute Gasteiger partial charge is 0.350 e. The van der Waals surface area contributed by atoms with Crippen molar-refractivity contribution in [3.05, 3.63) is 0 Å². The van der Waals surface area contributed by atoms with E-state index in [1.165, 1.54) is 0 Å². The molecule has 1 unspecified atom stereocenters. The van der Waals surface area contributed by atoms with E-state index in [1.54, 1.807) is 0 Å². The van der Waals surface area contributed by atoms with Gasteiger partial charge in [-0.15, -0.1) is 0 Å². The minimum atomic E-state index is -0.158. The summed E-state index contributed by atoms with van der Waals surface area (Å²) in [6, 6.07) is -0.0945. The highest BCUT2D eigenvalue weighted by molar-refractivity contribution is 5.82. The zero-order valence-corrected chi connectivity index (χ0v) is 11.8. The average molecular weight is 241 g/mol. The lowest BCUT2D eigenvalue weighted by molar-refractivity contribution is -0.125. The normalized spacial score (nSPS) is 22.3. The second-order valence-corrected chi connectivity index (χ2v) is 6.82. The maximum atomic E-state index is 12.1. The monoisotopic (exact) mass is 241 g/mol. The fraction of sp³-hybridized carbons (Fsp3) is 0.923. The number of carbonyl (C=O) groups excluding carboxylic acids is 1. The highest BCUT2D eigenvalue weighted by Crippen LogP contribution is 2.26. The number of rotatable bonds is 3. The summed E-state index contributed by atoms with van der Waals surface area (Å²) in [5, 5.41) is 9.60. The second kappa shape index (κ2) is 5.36. The van der Waals surface area contributed by atoms with Crippen molar-refractivity contribution in [3.8, 4) is 0 Å². The molecule has 1 aliphatic rings. The van der Waals surface area contributed by atoms with Crippen molar-refractivity contribution in [3.63, 3.8) is 0 Å². The molecule has 0 spiro atoms. The molecule has 1 saturated heterocycles. The minimum Gasteiger partial charge on any atom is -0.350 e. The maximum absolute atomic E-state index is 12.1. The van der Waals surface area contributed by atoms with Crippen LogP contribution in [0.1, 0.15) is 41.0 Å². The second-order valence-electron chi connectivity index (χ2n) is 6.82. The summed E-state index contributed by atoms with van der Waals surface area (Å²) in [7, 11) is 0. The molecule has 0 aromatic rings. The van der Waals surface area contributed by atoms with Crippen LogP contribution >= 0.6 is 0 Å². The maximum Gasteiger partial charge on any atom is 0.238 e. The third-order valence-corrected chi connectivity index (χ3v) is 2.79. The summed E-state index contributed by atoms with van der Waals surface area (Å²) in [5.74, 6) is 0.103. The van der Waals surface area contributed by atoms with Gasteiger partial charge in [0.1, 0.15) is 0 Å². The Bertz CT molecular complexity index is 262. The molecule has 1 aliphatic heterocycles. The van der Waals surface area contributed by atoms with Crippen LogP contribution in [0.5, 0.6) is 0 Å². The highest BCUT2D eigenvalue weighted by atomic mass is 16.2. The molecule has 1 rings (SSSR count). The molecule has 0 aromatic heterocycles. The first kappa shape index (κ1) is 14.5. The van der Waals surface area contributed by atoms with Gasteiger partial charge in [0.15, 0.2) is 0 Å². The molecule has 3 N–H and O–H groups in total. The van der Waals surface area contributed by atoms with E-state index in [2.05, 4.69) is 50.6 Å². The van der Waals surface area contributed by atoms with Gasteiger partial charge in [-0.2, -0.15) is 0 Å². The zero-order valence-electron chi connectivity index (χ0n) is 11.8. The Morgan fingerprint density at radius 2 is 1.88 bits per heavy atom. The first-order chi connectivity index (χ1) is 7.70. The van der Waals surface area contributed by atoms with Crippen LogP contribution in [0, 0.1) is 5.41 Å². The summed E-state index contributed by atoms with van der Waals surface area (Å²) in [4.78, 5) is 12.1. The number of nitrogens with one attached hydrogen (secondary N) is 3. The first-order valence-electron chi connectivity index (χ1n) is 6.46. The van der Waals surface area contributed by atoms with Crippen LogP contribution in [0.25, 0.3) is 0 Å². The molecule has 4 heteroatoms. The van der Waals surface area contributed by atoms with E-state index >= 15 is 0 Å². The number of hydrogen-bond acceptors (Lipinski definition) is 3. The molecule has 1 amide bonds. The van der Waals surface area contributed by atoms with E-state index in [-0.39, 0.29) is 22.9 Å². The fourth-order valence-corrected chi connectivity index (χ4v) is 2.63. The summed E-state index contributed by atoms with van der Waals surface area (Å²) in [6.45, 7) is 13.3. The van der Waals surface area contributed by atoms with E-state index in [1.807, 2.05) is 0 Å². The van der Waals surface area contributed by atoms with Gasteiger partial charge in [-0.05, 0) is 25.7 Å². The number of hydrogen-bond donors (Lipinski definition) is 3. The Morgan fingerprint density at radius 1 is 1.24 bits per heavy atom. The van der Waals surface area contributed by atoms with Gasteiger partial charge in [0.2, 0.25) is 5.91 Å². The van der Waals surface area contributed by atoms with E-state index < -0.39 is 0 Å². The van der Waals surface area contributed by atoms with Gasteiger partial charge in [-0.1, -0.05) is 20.8 Å². The summed E-state index contributed by atoms with van der Waals surface area (Å²) >= 11 is 0. The predicted molar refractivity (Wildman–Crippen MR) is 71.0 cm³/mol. The van der Waals surface area contributed by atoms with Crippen molar-refractivity contribution in [2.24, 2.45) is 5.41 Å². The van der Waals surface area contributed by atoms with Crippen LogP contribution in [-0.4, -0.2) is 37.1 Å². The molecule has 1 fully saturated rings. The number of carbonyl (C=O) groups is 1. The molecule has 0 saturated carbocycles. The van der Waals surface area contributed by atoms with Crippen LogP contribution in [0.4, 0.5) is 0 Å². The number of piperazine rings is 1. The lowest BCUT2D eigenvalue weighted by Gasteiger charge is -2.35. The Kier molecular flexibility index (Phi) is 4.55. The molecule has 17 heavy (non-hydrogen) atoms. The van der Waals surface area contributed by atoms with E-state index in [0.717, 1.165) is 26.1 Å². The van der Waals surface area contributed by atoms with Gasteiger partial charge >= 0.3 is 0 Å². The van der Waals surface area contributed by atoms with Gasteiger partial charge in [0, 0.05) is 25.2 Å². The van der Waals surface area contributed by atoms with Crippen molar-refractivity contribution in [2.75, 3.05) is 19.6 Å². The third kappa shape index (κ3) is 5.50. The molecule has 4 nitrogen and oxygen atoms in total. The van der Waals surface area contributed by atoms with Crippen molar-refractivity contribution >= 4 is 5.91 Å². The van der Waals surface area contributed by atoms with E-state index in [0.29, 0.717) is 0 Å². The van der Waals surface area contributed by atoms with Crippen LogP contribution in [0.3, 0.4) is 0 Å². The van der Waals surface area contributed by atoms with Gasteiger partial charge in [-0.25, -0.2) is 0 Å². The lowest BCUT2D eigenvalue weighted by Crippen LogP contribution is -2.59. The zero-order chi connectivity index (χ0) is 13.1. The van der Waals surface area contributed by atoms with Crippen molar-refractivity contribution < 1.29 is 4.79 Å².